The maximum atomic E-state index is 14.2. The normalized spacial score (nSPS) is 17.8. The number of likely N-dealkylation sites (tertiary alicyclic amines) is 2. The molecule has 3 heterocycles. The lowest BCUT2D eigenvalue weighted by Crippen LogP contribution is -2.53. The van der Waals surface area contributed by atoms with Crippen molar-refractivity contribution >= 4 is 22.8 Å². The third-order valence-corrected chi connectivity index (χ3v) is 7.27. The molecule has 2 aliphatic rings. The van der Waals surface area contributed by atoms with Gasteiger partial charge >= 0.3 is 0 Å². The van der Waals surface area contributed by atoms with Crippen molar-refractivity contribution in [3.63, 3.8) is 0 Å². The Morgan fingerprint density at radius 3 is 2.42 bits per heavy atom. The van der Waals surface area contributed by atoms with E-state index in [0.29, 0.717) is 43.5 Å². The van der Waals surface area contributed by atoms with Crippen LogP contribution in [-0.2, 0) is 11.3 Å². The number of carbonyl (C=O) groups is 2. The fourth-order valence-electron chi connectivity index (χ4n) is 5.12. The van der Waals surface area contributed by atoms with Crippen molar-refractivity contribution in [1.29, 1.82) is 0 Å². The van der Waals surface area contributed by atoms with Crippen LogP contribution in [0, 0.1) is 19.7 Å². The minimum Gasteiger partial charge on any atom is -0.338 e. The third-order valence-electron chi connectivity index (χ3n) is 7.27. The average Bonchev–Trinajstić information content (AvgIpc) is 3.11. The largest absolute Gasteiger partial charge is 0.338 e. The Balaban J connectivity index is 1.32. The minimum atomic E-state index is -0.306. The Morgan fingerprint density at radius 2 is 1.70 bits per heavy atom. The zero-order valence-corrected chi connectivity index (χ0v) is 19.0. The highest BCUT2D eigenvalue weighted by atomic mass is 19.1. The number of hydrogen-bond acceptors (Lipinski definition) is 4. The predicted octanol–water partition coefficient (Wildman–Crippen LogP) is 4.18. The second-order valence-corrected chi connectivity index (χ2v) is 9.19. The Labute approximate surface area is 192 Å². The minimum absolute atomic E-state index is 0.0308. The maximum absolute atomic E-state index is 14.2. The van der Waals surface area contributed by atoms with Crippen LogP contribution in [0.4, 0.5) is 4.39 Å². The first kappa shape index (κ1) is 21.5. The number of halogens is 1. The van der Waals surface area contributed by atoms with E-state index >= 15 is 0 Å². The first-order chi connectivity index (χ1) is 15.9. The fourth-order valence-corrected chi connectivity index (χ4v) is 5.12. The fraction of sp³-hybridized carbons (Fsp3) is 0.385. The van der Waals surface area contributed by atoms with E-state index in [2.05, 4.69) is 9.97 Å². The number of benzene rings is 2. The number of aromatic nitrogens is 2. The summed E-state index contributed by atoms with van der Waals surface area (Å²) in [6.45, 7) is 5.25. The zero-order chi connectivity index (χ0) is 23.2. The Bertz CT molecular complexity index is 1250. The smallest absolute Gasteiger partial charge is 0.253 e. The molecule has 0 aliphatic carbocycles. The third kappa shape index (κ3) is 3.86. The van der Waals surface area contributed by atoms with E-state index in [-0.39, 0.29) is 29.7 Å². The molecule has 2 amide bonds. The summed E-state index contributed by atoms with van der Waals surface area (Å²) in [4.78, 5) is 38.7. The molecule has 2 aliphatic heterocycles. The van der Waals surface area contributed by atoms with E-state index in [1.807, 2.05) is 41.8 Å². The second kappa shape index (κ2) is 8.21. The maximum Gasteiger partial charge on any atom is 0.253 e. The van der Waals surface area contributed by atoms with Crippen LogP contribution in [0.25, 0.3) is 11.0 Å². The second-order valence-electron chi connectivity index (χ2n) is 9.19. The summed E-state index contributed by atoms with van der Waals surface area (Å²) in [7, 11) is 0. The highest BCUT2D eigenvalue weighted by Crippen LogP contribution is 2.40. The Morgan fingerprint density at radius 1 is 1.00 bits per heavy atom. The van der Waals surface area contributed by atoms with Gasteiger partial charge in [0, 0.05) is 42.7 Å². The average molecular weight is 447 g/mol. The SMILES string of the molecule is Cc1nc2ccc(C(=O)N3CCC4(CCC(=O)N4Cc4ccccc4F)CC3)cc2nc1C. The summed E-state index contributed by atoms with van der Waals surface area (Å²) < 4.78 is 14.2. The highest BCUT2D eigenvalue weighted by Gasteiger charge is 2.47. The summed E-state index contributed by atoms with van der Waals surface area (Å²) in [6.07, 6.45) is 2.63. The molecule has 5 rings (SSSR count). The number of hydrogen-bond donors (Lipinski definition) is 0. The molecule has 1 aromatic heterocycles. The summed E-state index contributed by atoms with van der Waals surface area (Å²) in [5.41, 5.74) is 4.06. The molecule has 0 bridgehead atoms. The van der Waals surface area contributed by atoms with Crippen LogP contribution in [0.15, 0.2) is 42.5 Å². The van der Waals surface area contributed by atoms with Gasteiger partial charge in [0.1, 0.15) is 5.82 Å². The van der Waals surface area contributed by atoms with Crippen molar-refractivity contribution in [2.45, 2.75) is 51.6 Å². The van der Waals surface area contributed by atoms with Crippen LogP contribution in [0.3, 0.4) is 0 Å². The number of carbonyl (C=O) groups excluding carboxylic acids is 2. The first-order valence-electron chi connectivity index (χ1n) is 11.4. The number of aryl methyl sites for hydroxylation is 2. The molecule has 0 saturated carbocycles. The zero-order valence-electron chi connectivity index (χ0n) is 19.0. The number of rotatable bonds is 3. The van der Waals surface area contributed by atoms with E-state index in [4.69, 9.17) is 0 Å². The lowest BCUT2D eigenvalue weighted by molar-refractivity contribution is -0.133. The van der Waals surface area contributed by atoms with Gasteiger partial charge in [0.15, 0.2) is 0 Å². The van der Waals surface area contributed by atoms with Gasteiger partial charge in [-0.25, -0.2) is 14.4 Å². The molecule has 0 unspecified atom stereocenters. The molecule has 3 aromatic rings. The van der Waals surface area contributed by atoms with Gasteiger partial charge in [-0.3, -0.25) is 9.59 Å². The van der Waals surface area contributed by atoms with Gasteiger partial charge in [-0.15, -0.1) is 0 Å². The highest BCUT2D eigenvalue weighted by molar-refractivity contribution is 5.97. The number of nitrogens with zero attached hydrogens (tertiary/aromatic N) is 4. The van der Waals surface area contributed by atoms with Crippen LogP contribution in [0.2, 0.25) is 0 Å². The number of amides is 2. The van der Waals surface area contributed by atoms with E-state index in [9.17, 15) is 14.0 Å². The molecule has 2 saturated heterocycles. The van der Waals surface area contributed by atoms with E-state index < -0.39 is 0 Å². The van der Waals surface area contributed by atoms with Gasteiger partial charge in [-0.05, 0) is 57.4 Å². The monoisotopic (exact) mass is 446 g/mol. The first-order valence-corrected chi connectivity index (χ1v) is 11.4. The molecule has 1 spiro atoms. The van der Waals surface area contributed by atoms with Crippen LogP contribution in [-0.4, -0.2) is 50.2 Å². The van der Waals surface area contributed by atoms with Crippen molar-refractivity contribution in [3.05, 3.63) is 70.8 Å². The molecule has 33 heavy (non-hydrogen) atoms. The van der Waals surface area contributed by atoms with Crippen molar-refractivity contribution in [1.82, 2.24) is 19.8 Å². The van der Waals surface area contributed by atoms with Gasteiger partial charge in [0.2, 0.25) is 5.91 Å². The number of piperidine rings is 1. The van der Waals surface area contributed by atoms with Crippen molar-refractivity contribution in [2.24, 2.45) is 0 Å². The quantitative estimate of drug-likeness (QED) is 0.605. The molecular weight excluding hydrogens is 419 g/mol. The molecule has 0 N–H and O–H groups in total. The van der Waals surface area contributed by atoms with Crippen LogP contribution in [0.1, 0.15) is 53.0 Å². The molecule has 2 aromatic carbocycles. The molecule has 7 heteroatoms. The Hall–Kier alpha value is -3.35. The molecule has 6 nitrogen and oxygen atoms in total. The topological polar surface area (TPSA) is 66.4 Å². The molecule has 0 radical (unpaired) electrons. The Kier molecular flexibility index (Phi) is 5.35. The molecular formula is C26H27FN4O2. The van der Waals surface area contributed by atoms with Crippen molar-refractivity contribution < 1.29 is 14.0 Å². The molecule has 0 atom stereocenters. The standard InChI is InChI=1S/C26H27FN4O2/c1-17-18(2)29-23-15-19(7-8-22(23)28-17)25(33)30-13-11-26(12-14-30)10-9-24(32)31(26)16-20-5-3-4-6-21(20)27/h3-8,15H,9-14,16H2,1-2H3. The van der Waals surface area contributed by atoms with Gasteiger partial charge in [0.05, 0.1) is 22.4 Å². The van der Waals surface area contributed by atoms with Gasteiger partial charge < -0.3 is 9.80 Å². The summed E-state index contributed by atoms with van der Waals surface area (Å²) >= 11 is 0. The summed E-state index contributed by atoms with van der Waals surface area (Å²) in [5, 5.41) is 0. The van der Waals surface area contributed by atoms with E-state index in [1.54, 1.807) is 18.2 Å². The summed E-state index contributed by atoms with van der Waals surface area (Å²) in [5.74, 6) is -0.252. The molecule has 2 fully saturated rings. The van der Waals surface area contributed by atoms with Crippen LogP contribution < -0.4 is 0 Å². The molecule has 170 valence electrons. The van der Waals surface area contributed by atoms with Crippen molar-refractivity contribution in [3.8, 4) is 0 Å². The summed E-state index contributed by atoms with van der Waals surface area (Å²) in [6, 6.07) is 12.1. The lowest BCUT2D eigenvalue weighted by Gasteiger charge is -2.45. The van der Waals surface area contributed by atoms with Crippen molar-refractivity contribution in [2.75, 3.05) is 13.1 Å². The lowest BCUT2D eigenvalue weighted by atomic mass is 9.84. The predicted molar refractivity (Wildman–Crippen MR) is 123 cm³/mol. The van der Waals surface area contributed by atoms with Gasteiger partial charge in [-0.1, -0.05) is 18.2 Å². The van der Waals surface area contributed by atoms with Crippen LogP contribution >= 0.6 is 0 Å². The van der Waals surface area contributed by atoms with Crippen LogP contribution in [0.5, 0.6) is 0 Å². The van der Waals surface area contributed by atoms with Gasteiger partial charge in [0.25, 0.3) is 5.91 Å². The van der Waals surface area contributed by atoms with E-state index in [0.717, 1.165) is 28.8 Å². The van der Waals surface area contributed by atoms with E-state index in [1.165, 1.54) is 6.07 Å². The van der Waals surface area contributed by atoms with Gasteiger partial charge in [-0.2, -0.15) is 0 Å². The number of fused-ring (bicyclic) bond motifs is 1.